The van der Waals surface area contributed by atoms with Gasteiger partial charge in [0.1, 0.15) is 0 Å². The molecule has 0 aliphatic carbocycles. The van der Waals surface area contributed by atoms with E-state index in [0.29, 0.717) is 32.3 Å². The molecule has 6 nitrogen and oxygen atoms in total. The third kappa shape index (κ3) is 51.6. The molecule has 0 fully saturated rings. The first-order valence-corrected chi connectivity index (χ1v) is 29.1. The van der Waals surface area contributed by atoms with Crippen LogP contribution in [0.5, 0.6) is 0 Å². The first-order chi connectivity index (χ1) is 32.0. The fraction of sp³-hybridized carbons (Fsp3) is 0.898. The summed E-state index contributed by atoms with van der Waals surface area (Å²) in [6.07, 6.45) is 66.1. The Morgan fingerprint density at radius 1 is 0.431 bits per heavy atom. The fourth-order valence-electron chi connectivity index (χ4n) is 9.04. The van der Waals surface area contributed by atoms with Gasteiger partial charge in [-0.25, -0.2) is 0 Å². The lowest BCUT2D eigenvalue weighted by molar-refractivity contribution is -0.143. The molecule has 2 atom stereocenters. The SMILES string of the molecule is CCCCCCCCCCCCCCCCCCCCCC(O)C(CO)NC(=O)CC/C=C\C/C=C\CCCCCCCCOC(=O)CCCCCCCCCCCCCCCCCC. The van der Waals surface area contributed by atoms with Crippen LogP contribution in [-0.2, 0) is 14.3 Å². The number of ether oxygens (including phenoxy) is 1. The van der Waals surface area contributed by atoms with Gasteiger partial charge in [0.2, 0.25) is 5.91 Å². The second-order valence-electron chi connectivity index (χ2n) is 20.0. The van der Waals surface area contributed by atoms with E-state index in [0.717, 1.165) is 51.4 Å². The molecule has 0 aromatic carbocycles. The number of hydrogen-bond donors (Lipinski definition) is 3. The molecule has 2 unspecified atom stereocenters. The lowest BCUT2D eigenvalue weighted by atomic mass is 10.0. The Labute approximate surface area is 405 Å². The van der Waals surface area contributed by atoms with Crippen LogP contribution in [0.1, 0.15) is 316 Å². The number of carbonyl (C=O) groups is 2. The summed E-state index contributed by atoms with van der Waals surface area (Å²) in [4.78, 5) is 24.5. The maximum absolute atomic E-state index is 12.4. The summed E-state index contributed by atoms with van der Waals surface area (Å²) < 4.78 is 5.47. The standard InChI is InChI=1S/C59H113NO5/c1-3-5-7-9-11-13-15-17-19-21-22-23-24-27-31-35-39-43-47-51-57(62)56(55-61)60-58(63)52-48-44-40-36-32-28-26-30-34-38-42-46-50-54-65-59(64)53-49-45-41-37-33-29-25-20-18-16-14-12-10-8-6-4-2/h28,32,40,44,56-57,61-62H,3-27,29-31,33-39,41-43,45-55H2,1-2H3,(H,60,63)/b32-28-,44-40-. The number of aliphatic hydroxyl groups excluding tert-OH is 2. The highest BCUT2D eigenvalue weighted by atomic mass is 16.5. The molecule has 0 aliphatic rings. The topological polar surface area (TPSA) is 95.9 Å². The number of amides is 1. The fourth-order valence-corrected chi connectivity index (χ4v) is 9.04. The smallest absolute Gasteiger partial charge is 0.305 e. The number of carbonyl (C=O) groups excluding carboxylic acids is 2. The van der Waals surface area contributed by atoms with E-state index in [4.69, 9.17) is 4.74 Å². The van der Waals surface area contributed by atoms with E-state index in [1.807, 2.05) is 6.08 Å². The van der Waals surface area contributed by atoms with E-state index in [-0.39, 0.29) is 18.5 Å². The van der Waals surface area contributed by atoms with E-state index < -0.39 is 12.1 Å². The number of unbranched alkanes of at least 4 members (excludes halogenated alkanes) is 39. The van der Waals surface area contributed by atoms with Gasteiger partial charge in [-0.3, -0.25) is 9.59 Å². The molecule has 0 aromatic heterocycles. The number of rotatable bonds is 54. The zero-order chi connectivity index (χ0) is 47.2. The summed E-state index contributed by atoms with van der Waals surface area (Å²) in [5.74, 6) is -0.126. The highest BCUT2D eigenvalue weighted by Gasteiger charge is 2.19. The Kier molecular flexibility index (Phi) is 53.5. The van der Waals surface area contributed by atoms with Crippen LogP contribution in [0.4, 0.5) is 0 Å². The molecule has 0 saturated heterocycles. The third-order valence-electron chi connectivity index (χ3n) is 13.5. The maximum Gasteiger partial charge on any atom is 0.305 e. The van der Waals surface area contributed by atoms with Crippen molar-refractivity contribution >= 4 is 11.9 Å². The van der Waals surface area contributed by atoms with Crippen molar-refractivity contribution in [3.8, 4) is 0 Å². The van der Waals surface area contributed by atoms with Gasteiger partial charge in [-0.1, -0.05) is 282 Å². The van der Waals surface area contributed by atoms with E-state index in [1.54, 1.807) is 0 Å². The zero-order valence-electron chi connectivity index (χ0n) is 43.7. The largest absolute Gasteiger partial charge is 0.466 e. The molecule has 0 bridgehead atoms. The van der Waals surface area contributed by atoms with E-state index in [2.05, 4.69) is 37.4 Å². The van der Waals surface area contributed by atoms with Crippen LogP contribution >= 0.6 is 0 Å². The predicted molar refractivity (Wildman–Crippen MR) is 283 cm³/mol. The molecule has 0 aliphatic heterocycles. The van der Waals surface area contributed by atoms with Gasteiger partial charge in [-0.05, 0) is 44.9 Å². The van der Waals surface area contributed by atoms with Crippen molar-refractivity contribution in [2.45, 2.75) is 328 Å². The van der Waals surface area contributed by atoms with Gasteiger partial charge < -0.3 is 20.3 Å². The van der Waals surface area contributed by atoms with Crippen LogP contribution in [0.15, 0.2) is 24.3 Å². The number of nitrogens with one attached hydrogen (secondary N) is 1. The van der Waals surface area contributed by atoms with Crippen molar-refractivity contribution in [3.05, 3.63) is 24.3 Å². The van der Waals surface area contributed by atoms with Gasteiger partial charge in [-0.2, -0.15) is 0 Å². The van der Waals surface area contributed by atoms with Gasteiger partial charge in [0.15, 0.2) is 0 Å². The lowest BCUT2D eigenvalue weighted by Gasteiger charge is -2.22. The van der Waals surface area contributed by atoms with E-state index in [1.165, 1.54) is 225 Å². The second-order valence-corrected chi connectivity index (χ2v) is 20.0. The first kappa shape index (κ1) is 63.3. The van der Waals surface area contributed by atoms with E-state index >= 15 is 0 Å². The highest BCUT2D eigenvalue weighted by Crippen LogP contribution is 2.17. The summed E-state index contributed by atoms with van der Waals surface area (Å²) in [5, 5.41) is 23.2. The second kappa shape index (κ2) is 54.9. The molecule has 65 heavy (non-hydrogen) atoms. The van der Waals surface area contributed by atoms with Crippen molar-refractivity contribution in [3.63, 3.8) is 0 Å². The van der Waals surface area contributed by atoms with Crippen molar-refractivity contribution in [2.24, 2.45) is 0 Å². The quantitative estimate of drug-likeness (QED) is 0.0321. The number of esters is 1. The summed E-state index contributed by atoms with van der Waals surface area (Å²) in [6.45, 7) is 4.91. The summed E-state index contributed by atoms with van der Waals surface area (Å²) in [7, 11) is 0. The Hall–Kier alpha value is -1.66. The van der Waals surface area contributed by atoms with Crippen LogP contribution in [0, 0.1) is 0 Å². The van der Waals surface area contributed by atoms with Crippen molar-refractivity contribution < 1.29 is 24.5 Å². The van der Waals surface area contributed by atoms with E-state index in [9.17, 15) is 19.8 Å². The number of allylic oxidation sites excluding steroid dienone is 4. The van der Waals surface area contributed by atoms with Gasteiger partial charge in [0, 0.05) is 12.8 Å². The Morgan fingerprint density at radius 2 is 0.785 bits per heavy atom. The minimum atomic E-state index is -0.699. The van der Waals surface area contributed by atoms with Gasteiger partial charge in [-0.15, -0.1) is 0 Å². The summed E-state index contributed by atoms with van der Waals surface area (Å²) in [6, 6.07) is -0.585. The molecular formula is C59H113NO5. The molecule has 0 saturated carbocycles. The van der Waals surface area contributed by atoms with Crippen molar-refractivity contribution in [2.75, 3.05) is 13.2 Å². The average molecular weight is 917 g/mol. The Balaban J connectivity index is 3.52. The minimum Gasteiger partial charge on any atom is -0.466 e. The molecule has 6 heteroatoms. The van der Waals surface area contributed by atoms with Crippen molar-refractivity contribution in [1.82, 2.24) is 5.32 Å². The van der Waals surface area contributed by atoms with Gasteiger partial charge in [0.25, 0.3) is 0 Å². The number of hydrogen-bond acceptors (Lipinski definition) is 5. The zero-order valence-corrected chi connectivity index (χ0v) is 43.7. The maximum atomic E-state index is 12.4. The van der Waals surface area contributed by atoms with Gasteiger partial charge in [0.05, 0.1) is 25.4 Å². The monoisotopic (exact) mass is 916 g/mol. The highest BCUT2D eigenvalue weighted by molar-refractivity contribution is 5.76. The van der Waals surface area contributed by atoms with Crippen molar-refractivity contribution in [1.29, 1.82) is 0 Å². The van der Waals surface area contributed by atoms with Gasteiger partial charge >= 0.3 is 5.97 Å². The van der Waals surface area contributed by atoms with Crippen LogP contribution < -0.4 is 5.32 Å². The van der Waals surface area contributed by atoms with Crippen LogP contribution in [0.3, 0.4) is 0 Å². The molecule has 0 radical (unpaired) electrons. The third-order valence-corrected chi connectivity index (χ3v) is 13.5. The number of aliphatic hydroxyl groups is 2. The molecule has 1 amide bonds. The van der Waals surface area contributed by atoms with Crippen LogP contribution in [-0.4, -0.2) is 47.4 Å². The summed E-state index contributed by atoms with van der Waals surface area (Å²) in [5.41, 5.74) is 0. The summed E-state index contributed by atoms with van der Waals surface area (Å²) >= 11 is 0. The predicted octanol–water partition coefficient (Wildman–Crippen LogP) is 17.9. The molecule has 0 aromatic rings. The molecule has 0 spiro atoms. The van der Waals surface area contributed by atoms with Crippen LogP contribution in [0.25, 0.3) is 0 Å². The Bertz CT molecular complexity index is 1010. The molecule has 384 valence electrons. The lowest BCUT2D eigenvalue weighted by Crippen LogP contribution is -2.45. The van der Waals surface area contributed by atoms with Crippen LogP contribution in [0.2, 0.25) is 0 Å². The first-order valence-electron chi connectivity index (χ1n) is 29.1. The Morgan fingerprint density at radius 3 is 1.20 bits per heavy atom. The molecule has 0 heterocycles. The molecular weight excluding hydrogens is 803 g/mol. The molecule has 3 N–H and O–H groups in total. The minimum absolute atomic E-state index is 0.0130. The molecule has 0 rings (SSSR count). The average Bonchev–Trinajstić information content (AvgIpc) is 3.31. The normalized spacial score (nSPS) is 12.7.